The molecule has 1 aliphatic rings. The van der Waals surface area contributed by atoms with Gasteiger partial charge in [-0.3, -0.25) is 4.90 Å². The predicted molar refractivity (Wildman–Crippen MR) is 62.2 cm³/mol. The Kier molecular flexibility index (Phi) is 3.95. The third-order valence-electron chi connectivity index (χ3n) is 2.73. The van der Waals surface area contributed by atoms with Crippen molar-refractivity contribution in [1.29, 1.82) is 5.26 Å². The number of nitriles is 1. The summed E-state index contributed by atoms with van der Waals surface area (Å²) in [4.78, 5) is 1.97. The minimum atomic E-state index is -0.466. The number of rotatable bonds is 2. The molecule has 0 saturated carbocycles. The highest BCUT2D eigenvalue weighted by molar-refractivity contribution is 6.30. The topological polar surface area (TPSA) is 36.3 Å². The largest absolute Gasteiger partial charge is 0.379 e. The van der Waals surface area contributed by atoms with E-state index >= 15 is 0 Å². The molecule has 1 fully saturated rings. The molecule has 1 unspecified atom stereocenters. The van der Waals surface area contributed by atoms with E-state index in [-0.39, 0.29) is 0 Å². The van der Waals surface area contributed by atoms with Crippen LogP contribution in [0.5, 0.6) is 0 Å². The summed E-state index contributed by atoms with van der Waals surface area (Å²) in [5, 5.41) is 9.53. The van der Waals surface area contributed by atoms with Crippen LogP contribution < -0.4 is 0 Å². The van der Waals surface area contributed by atoms with E-state index in [4.69, 9.17) is 16.3 Å². The van der Waals surface area contributed by atoms with Gasteiger partial charge in [0, 0.05) is 18.1 Å². The first-order valence-corrected chi connectivity index (χ1v) is 5.76. The zero-order chi connectivity index (χ0) is 12.3. The summed E-state index contributed by atoms with van der Waals surface area (Å²) < 4.78 is 18.5. The lowest BCUT2D eigenvalue weighted by Gasteiger charge is -2.30. The van der Waals surface area contributed by atoms with Crippen LogP contribution >= 0.6 is 11.6 Å². The van der Waals surface area contributed by atoms with Gasteiger partial charge in [-0.15, -0.1) is 0 Å². The molecule has 0 bridgehead atoms. The summed E-state index contributed by atoms with van der Waals surface area (Å²) in [6.45, 7) is 2.54. The van der Waals surface area contributed by atoms with Gasteiger partial charge in [-0.05, 0) is 23.8 Å². The van der Waals surface area contributed by atoms with Crippen molar-refractivity contribution in [2.45, 2.75) is 6.04 Å². The van der Waals surface area contributed by atoms with Crippen molar-refractivity contribution < 1.29 is 9.13 Å². The predicted octanol–water partition coefficient (Wildman–Crippen LogP) is 2.38. The van der Waals surface area contributed by atoms with Crippen molar-refractivity contribution in [2.24, 2.45) is 0 Å². The van der Waals surface area contributed by atoms with Crippen molar-refractivity contribution >= 4 is 11.6 Å². The third-order valence-corrected chi connectivity index (χ3v) is 2.95. The smallest absolute Gasteiger partial charge is 0.125 e. The molecule has 3 nitrogen and oxygen atoms in total. The Bertz CT molecular complexity index is 420. The molecule has 1 aromatic carbocycles. The van der Waals surface area contributed by atoms with Crippen LogP contribution in [0, 0.1) is 17.1 Å². The van der Waals surface area contributed by atoms with E-state index in [1.807, 2.05) is 4.90 Å². The van der Waals surface area contributed by atoms with Crippen molar-refractivity contribution in [3.05, 3.63) is 34.6 Å². The second-order valence-corrected chi connectivity index (χ2v) is 4.32. The van der Waals surface area contributed by atoms with Crippen molar-refractivity contribution in [2.75, 3.05) is 26.3 Å². The first-order chi connectivity index (χ1) is 8.20. The fourth-order valence-electron chi connectivity index (χ4n) is 1.94. The highest BCUT2D eigenvalue weighted by atomic mass is 35.5. The number of hydrogen-bond donors (Lipinski definition) is 0. The average Bonchev–Trinajstić information content (AvgIpc) is 2.30. The van der Waals surface area contributed by atoms with Crippen LogP contribution in [0.4, 0.5) is 4.39 Å². The van der Waals surface area contributed by atoms with Crippen LogP contribution in [-0.4, -0.2) is 31.2 Å². The number of halogens is 2. The Morgan fingerprint density at radius 2 is 2.06 bits per heavy atom. The first kappa shape index (κ1) is 12.3. The molecule has 0 amide bonds. The molecule has 1 saturated heterocycles. The molecule has 2 rings (SSSR count). The summed E-state index contributed by atoms with van der Waals surface area (Å²) in [5.41, 5.74) is 0.597. The van der Waals surface area contributed by atoms with Crippen LogP contribution in [0.3, 0.4) is 0 Å². The molecule has 0 spiro atoms. The lowest BCUT2D eigenvalue weighted by Crippen LogP contribution is -2.38. The monoisotopic (exact) mass is 254 g/mol. The quantitative estimate of drug-likeness (QED) is 0.813. The summed E-state index contributed by atoms with van der Waals surface area (Å²) in [7, 11) is 0. The van der Waals surface area contributed by atoms with Gasteiger partial charge in [0.2, 0.25) is 0 Å². The van der Waals surface area contributed by atoms with Crippen LogP contribution in [0.1, 0.15) is 11.6 Å². The standard InChI is InChI=1S/C12H12ClFN2O/c13-10-5-9(6-11(14)7-10)12(8-15)16-1-3-17-4-2-16/h5-7,12H,1-4H2. The summed E-state index contributed by atoms with van der Waals surface area (Å²) in [6.07, 6.45) is 0. The van der Waals surface area contributed by atoms with Gasteiger partial charge in [0.05, 0.1) is 19.3 Å². The minimum absolute atomic E-state index is 0.313. The maximum absolute atomic E-state index is 13.3. The van der Waals surface area contributed by atoms with E-state index in [2.05, 4.69) is 6.07 Å². The molecule has 1 heterocycles. The van der Waals surface area contributed by atoms with Crippen LogP contribution in [0.2, 0.25) is 5.02 Å². The minimum Gasteiger partial charge on any atom is -0.379 e. The number of ether oxygens (including phenoxy) is 1. The Morgan fingerprint density at radius 1 is 1.35 bits per heavy atom. The van der Waals surface area contributed by atoms with Crippen LogP contribution in [0.25, 0.3) is 0 Å². The van der Waals surface area contributed by atoms with Gasteiger partial charge >= 0.3 is 0 Å². The highest BCUT2D eigenvalue weighted by Gasteiger charge is 2.22. The first-order valence-electron chi connectivity index (χ1n) is 5.38. The van der Waals surface area contributed by atoms with Gasteiger partial charge < -0.3 is 4.74 Å². The van der Waals surface area contributed by atoms with Crippen molar-refractivity contribution in [3.63, 3.8) is 0 Å². The summed E-state index contributed by atoms with van der Waals surface area (Å²) in [5.74, 6) is -0.416. The van der Waals surface area contributed by atoms with Gasteiger partial charge in [0.1, 0.15) is 11.9 Å². The van der Waals surface area contributed by atoms with E-state index in [1.54, 1.807) is 6.07 Å². The lowest BCUT2D eigenvalue weighted by molar-refractivity contribution is 0.0266. The number of hydrogen-bond acceptors (Lipinski definition) is 3. The fourth-order valence-corrected chi connectivity index (χ4v) is 2.17. The molecule has 1 aromatic rings. The van der Waals surface area contributed by atoms with Crippen molar-refractivity contribution in [3.8, 4) is 6.07 Å². The van der Waals surface area contributed by atoms with Gasteiger partial charge in [-0.2, -0.15) is 5.26 Å². The zero-order valence-electron chi connectivity index (χ0n) is 9.20. The number of benzene rings is 1. The van der Waals surface area contributed by atoms with E-state index in [9.17, 15) is 9.65 Å². The van der Waals surface area contributed by atoms with E-state index < -0.39 is 11.9 Å². The molecule has 17 heavy (non-hydrogen) atoms. The fraction of sp³-hybridized carbons (Fsp3) is 0.417. The highest BCUT2D eigenvalue weighted by Crippen LogP contribution is 2.24. The summed E-state index contributed by atoms with van der Waals surface area (Å²) >= 11 is 5.80. The SMILES string of the molecule is N#CC(c1cc(F)cc(Cl)c1)N1CCOCC1. The molecule has 90 valence electrons. The van der Waals surface area contributed by atoms with Gasteiger partial charge in [-0.1, -0.05) is 11.6 Å². The molecule has 1 atom stereocenters. The molecule has 0 N–H and O–H groups in total. The molecule has 5 heteroatoms. The Labute approximate surface area is 104 Å². The molecular formula is C12H12ClFN2O. The number of nitrogens with zero attached hydrogens (tertiary/aromatic N) is 2. The molecule has 1 aliphatic heterocycles. The zero-order valence-corrected chi connectivity index (χ0v) is 9.95. The number of morpholine rings is 1. The third kappa shape index (κ3) is 2.95. The Balaban J connectivity index is 2.25. The molecule has 0 radical (unpaired) electrons. The van der Waals surface area contributed by atoms with Gasteiger partial charge in [-0.25, -0.2) is 4.39 Å². The maximum atomic E-state index is 13.3. The van der Waals surface area contributed by atoms with Crippen LogP contribution in [-0.2, 0) is 4.74 Å². The Morgan fingerprint density at radius 3 is 2.65 bits per heavy atom. The average molecular weight is 255 g/mol. The summed E-state index contributed by atoms with van der Waals surface area (Å²) in [6, 6.07) is 5.95. The van der Waals surface area contributed by atoms with Gasteiger partial charge in [0.15, 0.2) is 0 Å². The second kappa shape index (κ2) is 5.46. The Hall–Kier alpha value is -1.15. The molecule has 0 aromatic heterocycles. The molecular weight excluding hydrogens is 243 g/mol. The normalized spacial score (nSPS) is 18.6. The lowest BCUT2D eigenvalue weighted by atomic mass is 10.1. The van der Waals surface area contributed by atoms with E-state index in [1.165, 1.54) is 12.1 Å². The van der Waals surface area contributed by atoms with Gasteiger partial charge in [0.25, 0.3) is 0 Å². The van der Waals surface area contributed by atoms with E-state index in [0.29, 0.717) is 36.9 Å². The second-order valence-electron chi connectivity index (χ2n) is 3.88. The van der Waals surface area contributed by atoms with Crippen molar-refractivity contribution in [1.82, 2.24) is 4.90 Å². The maximum Gasteiger partial charge on any atom is 0.125 e. The van der Waals surface area contributed by atoms with E-state index in [0.717, 1.165) is 0 Å². The van der Waals surface area contributed by atoms with Crippen LogP contribution in [0.15, 0.2) is 18.2 Å². The molecule has 0 aliphatic carbocycles.